The van der Waals surface area contributed by atoms with E-state index in [2.05, 4.69) is 20.9 Å². The van der Waals surface area contributed by atoms with Gasteiger partial charge in [-0.1, -0.05) is 6.07 Å². The van der Waals surface area contributed by atoms with Crippen molar-refractivity contribution in [3.05, 3.63) is 51.6 Å². The van der Waals surface area contributed by atoms with Crippen LogP contribution in [0.15, 0.2) is 45.9 Å². The average molecular weight is 374 g/mol. The van der Waals surface area contributed by atoms with Crippen LogP contribution in [0.3, 0.4) is 0 Å². The standard InChI is InChI=1S/C15H8BrN3O2S/c16-12-5-4-11(22-12)14-10(7-9(8-17)15(20)21)19-6-2-1-3-13(19)18-14/h1-7H,(H,20,21)/b9-7-. The summed E-state index contributed by atoms with van der Waals surface area (Å²) in [5.41, 5.74) is 1.58. The van der Waals surface area contributed by atoms with Crippen molar-refractivity contribution in [2.24, 2.45) is 0 Å². The molecular formula is C15H8BrN3O2S. The van der Waals surface area contributed by atoms with Gasteiger partial charge in [-0.2, -0.15) is 5.26 Å². The number of carboxylic acids is 1. The Balaban J connectivity index is 2.31. The van der Waals surface area contributed by atoms with Crippen molar-refractivity contribution in [3.63, 3.8) is 0 Å². The predicted molar refractivity (Wildman–Crippen MR) is 87.4 cm³/mol. The van der Waals surface area contributed by atoms with Crippen LogP contribution in [0.1, 0.15) is 5.69 Å². The third-order valence-corrected chi connectivity index (χ3v) is 4.64. The first-order valence-corrected chi connectivity index (χ1v) is 7.79. The van der Waals surface area contributed by atoms with Gasteiger partial charge in [0.25, 0.3) is 0 Å². The van der Waals surface area contributed by atoms with Gasteiger partial charge in [-0.05, 0) is 46.3 Å². The molecule has 0 saturated carbocycles. The number of pyridine rings is 1. The molecule has 3 aromatic rings. The van der Waals surface area contributed by atoms with E-state index < -0.39 is 5.97 Å². The number of carbonyl (C=O) groups is 1. The number of hydrogen-bond donors (Lipinski definition) is 1. The maximum Gasteiger partial charge on any atom is 0.346 e. The summed E-state index contributed by atoms with van der Waals surface area (Å²) in [4.78, 5) is 16.6. The Morgan fingerprint density at radius 1 is 1.41 bits per heavy atom. The minimum atomic E-state index is -1.26. The Morgan fingerprint density at radius 3 is 2.86 bits per heavy atom. The lowest BCUT2D eigenvalue weighted by atomic mass is 10.2. The van der Waals surface area contributed by atoms with E-state index >= 15 is 0 Å². The van der Waals surface area contributed by atoms with Crippen molar-refractivity contribution in [2.75, 3.05) is 0 Å². The van der Waals surface area contributed by atoms with Gasteiger partial charge in [-0.3, -0.25) is 4.40 Å². The van der Waals surface area contributed by atoms with Gasteiger partial charge in [0.1, 0.15) is 23.0 Å². The van der Waals surface area contributed by atoms with E-state index in [0.29, 0.717) is 17.0 Å². The van der Waals surface area contributed by atoms with E-state index in [0.717, 1.165) is 8.66 Å². The van der Waals surface area contributed by atoms with Crippen LogP contribution in [0.4, 0.5) is 0 Å². The minimum Gasteiger partial charge on any atom is -0.477 e. The monoisotopic (exact) mass is 373 g/mol. The molecular weight excluding hydrogens is 366 g/mol. The molecule has 22 heavy (non-hydrogen) atoms. The van der Waals surface area contributed by atoms with E-state index in [1.807, 2.05) is 30.3 Å². The van der Waals surface area contributed by atoms with E-state index in [4.69, 9.17) is 10.4 Å². The molecule has 3 heterocycles. The van der Waals surface area contributed by atoms with E-state index in [-0.39, 0.29) is 5.57 Å². The quantitative estimate of drug-likeness (QED) is 0.559. The molecule has 7 heteroatoms. The second-order valence-electron chi connectivity index (χ2n) is 4.35. The number of imidazole rings is 1. The molecule has 0 aliphatic carbocycles. The number of rotatable bonds is 3. The largest absolute Gasteiger partial charge is 0.477 e. The lowest BCUT2D eigenvalue weighted by molar-refractivity contribution is -0.132. The highest BCUT2D eigenvalue weighted by atomic mass is 79.9. The highest BCUT2D eigenvalue weighted by Gasteiger charge is 2.16. The molecule has 0 atom stereocenters. The SMILES string of the molecule is N#C/C(=C/c1c(-c2ccc(Br)s2)nc2ccccn12)C(=O)O. The van der Waals surface area contributed by atoms with Crippen molar-refractivity contribution in [3.8, 4) is 16.6 Å². The molecule has 3 aromatic heterocycles. The molecule has 0 aliphatic rings. The molecule has 0 amide bonds. The van der Waals surface area contributed by atoms with Crippen LogP contribution in [0.25, 0.3) is 22.3 Å². The molecule has 1 N–H and O–H groups in total. The molecule has 108 valence electrons. The van der Waals surface area contributed by atoms with Crippen molar-refractivity contribution < 1.29 is 9.90 Å². The Bertz CT molecular complexity index is 949. The Labute approximate surface area is 137 Å². The van der Waals surface area contributed by atoms with Crippen molar-refractivity contribution in [1.82, 2.24) is 9.38 Å². The lowest BCUT2D eigenvalue weighted by Crippen LogP contribution is -1.98. The van der Waals surface area contributed by atoms with Gasteiger partial charge in [-0.15, -0.1) is 11.3 Å². The van der Waals surface area contributed by atoms with Crippen molar-refractivity contribution in [1.29, 1.82) is 5.26 Å². The Morgan fingerprint density at radius 2 is 2.23 bits per heavy atom. The first kappa shape index (κ1) is 14.5. The normalized spacial score (nSPS) is 11.5. The van der Waals surface area contributed by atoms with Gasteiger partial charge < -0.3 is 5.11 Å². The molecule has 0 bridgehead atoms. The van der Waals surface area contributed by atoms with E-state index in [1.165, 1.54) is 17.4 Å². The molecule has 3 rings (SSSR count). The molecule has 5 nitrogen and oxygen atoms in total. The lowest BCUT2D eigenvalue weighted by Gasteiger charge is -1.99. The topological polar surface area (TPSA) is 78.4 Å². The molecule has 0 aromatic carbocycles. The van der Waals surface area contributed by atoms with Gasteiger partial charge in [0.2, 0.25) is 0 Å². The molecule has 0 saturated heterocycles. The number of fused-ring (bicyclic) bond motifs is 1. The zero-order valence-electron chi connectivity index (χ0n) is 11.0. The number of hydrogen-bond acceptors (Lipinski definition) is 4. The smallest absolute Gasteiger partial charge is 0.346 e. The van der Waals surface area contributed by atoms with Crippen LogP contribution >= 0.6 is 27.3 Å². The summed E-state index contributed by atoms with van der Waals surface area (Å²) >= 11 is 4.90. The second kappa shape index (κ2) is 5.75. The molecule has 0 radical (unpaired) electrons. The number of nitriles is 1. The summed E-state index contributed by atoms with van der Waals surface area (Å²) in [7, 11) is 0. The van der Waals surface area contributed by atoms with E-state index in [9.17, 15) is 4.79 Å². The fourth-order valence-electron chi connectivity index (χ4n) is 2.05. The maximum atomic E-state index is 11.1. The van der Waals surface area contributed by atoms with Crippen molar-refractivity contribution >= 4 is 45.0 Å². The number of halogens is 1. The average Bonchev–Trinajstić information content (AvgIpc) is 3.08. The van der Waals surface area contributed by atoms with Crippen LogP contribution in [0, 0.1) is 11.3 Å². The van der Waals surface area contributed by atoms with Crippen LogP contribution in [0.5, 0.6) is 0 Å². The maximum absolute atomic E-state index is 11.1. The van der Waals surface area contributed by atoms with Crippen LogP contribution < -0.4 is 0 Å². The van der Waals surface area contributed by atoms with Crippen LogP contribution in [-0.4, -0.2) is 20.5 Å². The molecule has 0 spiro atoms. The number of aliphatic carboxylic acids is 1. The summed E-state index contributed by atoms with van der Waals surface area (Å²) in [6.45, 7) is 0. The number of aromatic nitrogens is 2. The summed E-state index contributed by atoms with van der Waals surface area (Å²) in [6, 6.07) is 11.0. The minimum absolute atomic E-state index is 0.331. The summed E-state index contributed by atoms with van der Waals surface area (Å²) in [5, 5.41) is 18.1. The predicted octanol–water partition coefficient (Wildman–Crippen LogP) is 3.82. The third kappa shape index (κ3) is 2.54. The zero-order valence-corrected chi connectivity index (χ0v) is 13.4. The fraction of sp³-hybridized carbons (Fsp3) is 0. The van der Waals surface area contributed by atoms with Crippen LogP contribution in [-0.2, 0) is 4.79 Å². The Hall–Kier alpha value is -2.43. The number of thiophene rings is 1. The third-order valence-electron chi connectivity index (χ3n) is 3.01. The summed E-state index contributed by atoms with van der Waals surface area (Å²) in [6.07, 6.45) is 3.14. The summed E-state index contributed by atoms with van der Waals surface area (Å²) in [5.74, 6) is -1.26. The van der Waals surface area contributed by atoms with Gasteiger partial charge in [0, 0.05) is 6.20 Å². The first-order valence-electron chi connectivity index (χ1n) is 6.18. The first-order chi connectivity index (χ1) is 10.6. The molecule has 0 fully saturated rings. The fourth-order valence-corrected chi connectivity index (χ4v) is 3.44. The highest BCUT2D eigenvalue weighted by Crippen LogP contribution is 2.34. The molecule has 0 aliphatic heterocycles. The number of carboxylic acid groups (broad SMARTS) is 1. The van der Waals surface area contributed by atoms with Gasteiger partial charge >= 0.3 is 5.97 Å². The van der Waals surface area contributed by atoms with Crippen molar-refractivity contribution in [2.45, 2.75) is 0 Å². The van der Waals surface area contributed by atoms with Gasteiger partial charge in [0.15, 0.2) is 0 Å². The second-order valence-corrected chi connectivity index (χ2v) is 6.82. The van der Waals surface area contributed by atoms with Gasteiger partial charge in [0.05, 0.1) is 14.4 Å². The summed E-state index contributed by atoms with van der Waals surface area (Å²) < 4.78 is 2.72. The highest BCUT2D eigenvalue weighted by molar-refractivity contribution is 9.11. The van der Waals surface area contributed by atoms with E-state index in [1.54, 1.807) is 16.7 Å². The number of nitrogens with zero attached hydrogens (tertiary/aromatic N) is 3. The van der Waals surface area contributed by atoms with Crippen LogP contribution in [0.2, 0.25) is 0 Å². The Kier molecular flexibility index (Phi) is 3.79. The van der Waals surface area contributed by atoms with Gasteiger partial charge in [-0.25, -0.2) is 9.78 Å². The molecule has 0 unspecified atom stereocenters. The zero-order chi connectivity index (χ0) is 15.7.